The van der Waals surface area contributed by atoms with E-state index < -0.39 is 0 Å². The summed E-state index contributed by atoms with van der Waals surface area (Å²) in [5.41, 5.74) is 30.3. The van der Waals surface area contributed by atoms with Gasteiger partial charge in [0.15, 0.2) is 0 Å². The number of unbranched alkanes of at least 4 members (excludes halogenated alkanes) is 18. The first-order valence-electron chi connectivity index (χ1n) is 30.5. The summed E-state index contributed by atoms with van der Waals surface area (Å²) in [6, 6.07) is 35.3. The van der Waals surface area contributed by atoms with Crippen LogP contribution < -0.4 is 0 Å². The maximum Gasteiger partial charge on any atom is 2.00 e. The van der Waals surface area contributed by atoms with Crippen LogP contribution >= 0.6 is 0 Å². The van der Waals surface area contributed by atoms with E-state index in [1.54, 1.807) is 38.1 Å². The third-order valence-corrected chi connectivity index (χ3v) is 14.8. The van der Waals surface area contributed by atoms with Crippen molar-refractivity contribution in [3.05, 3.63) is 158 Å². The summed E-state index contributed by atoms with van der Waals surface area (Å²) in [7, 11) is 0. The molecule has 1 aliphatic rings. The van der Waals surface area contributed by atoms with Gasteiger partial charge >= 0.3 is 20.4 Å². The van der Waals surface area contributed by atoms with Gasteiger partial charge < -0.3 is 5.53 Å². The van der Waals surface area contributed by atoms with Crippen molar-refractivity contribution in [1.82, 2.24) is 0 Å². The van der Waals surface area contributed by atoms with Gasteiger partial charge in [0.25, 0.3) is 0 Å². The second kappa shape index (κ2) is 42.8. The zero-order chi connectivity index (χ0) is 51.9. The Morgan fingerprint density at radius 3 is 0.863 bits per heavy atom. The molecule has 0 radical (unpaired) electrons. The average Bonchev–Trinajstić information content (AvgIpc) is 3.69. The number of aryl methyl sites for hydroxylation is 4. The predicted molar refractivity (Wildman–Crippen MR) is 318 cm³/mol. The first kappa shape index (κ1) is 65.7. The smallest absolute Gasteiger partial charge is 0.493 e. The Hall–Kier alpha value is -3.38. The fourth-order valence-corrected chi connectivity index (χ4v) is 10.7. The van der Waals surface area contributed by atoms with Gasteiger partial charge in [-0.05, 0) is 160 Å². The van der Waals surface area contributed by atoms with Gasteiger partial charge in [-0.2, -0.15) is 72.8 Å². The molecule has 5 rings (SSSR count). The molecule has 0 saturated carbocycles. The van der Waals surface area contributed by atoms with Gasteiger partial charge in [-0.25, -0.2) is 4.70 Å². The van der Waals surface area contributed by atoms with E-state index in [4.69, 9.17) is 0 Å². The standard InChI is InChI=1S/C58H96N2.2C6H5.Pd/c1-9-17-25-26-27-34-42-56-55(39-24-16-8)57(51-43-47(35-28-18-10-2)53(40-32-22-14-6)48(44-51)36-29-19-11-3)60(59)58(56)52-45-49(37-30-20-12-4)54(41-33-23-15-7)50(46-52)38-31-21-13-5;2*1-2-4-6-5-3-1;/h43-46H,9-42H2,1-8H3;2*1-5H;/q;2*-1;+2. The fraction of sp³-hybridized carbons (Fsp3) is 0.600. The van der Waals surface area contributed by atoms with Gasteiger partial charge in [0, 0.05) is 22.3 Å². The van der Waals surface area contributed by atoms with E-state index in [0.717, 1.165) is 56.3 Å². The van der Waals surface area contributed by atoms with Crippen LogP contribution in [-0.2, 0) is 58.9 Å². The Bertz CT molecular complexity index is 1910. The van der Waals surface area contributed by atoms with Gasteiger partial charge in [-0.15, -0.1) is 0 Å². The zero-order valence-electron chi connectivity index (χ0n) is 48.3. The molecule has 0 amide bonds. The van der Waals surface area contributed by atoms with Gasteiger partial charge in [0.1, 0.15) is 0 Å². The number of benzene rings is 4. The van der Waals surface area contributed by atoms with E-state index in [-0.39, 0.29) is 20.4 Å². The Morgan fingerprint density at radius 1 is 0.315 bits per heavy atom. The van der Waals surface area contributed by atoms with Gasteiger partial charge in [-0.3, -0.25) is 0 Å². The molecule has 0 atom stereocenters. The quantitative estimate of drug-likeness (QED) is 0.0188. The molecule has 1 aliphatic heterocycles. The fourth-order valence-electron chi connectivity index (χ4n) is 10.7. The van der Waals surface area contributed by atoms with Crippen LogP contribution in [0, 0.1) is 12.1 Å². The molecule has 0 aliphatic carbocycles. The van der Waals surface area contributed by atoms with Gasteiger partial charge in [0.2, 0.25) is 11.4 Å². The molecule has 406 valence electrons. The third-order valence-electron chi connectivity index (χ3n) is 14.8. The van der Waals surface area contributed by atoms with Crippen molar-refractivity contribution in [3.8, 4) is 0 Å². The minimum atomic E-state index is 0. The summed E-state index contributed by atoms with van der Waals surface area (Å²) in [5.74, 6) is 0. The van der Waals surface area contributed by atoms with Crippen LogP contribution in [0.5, 0.6) is 0 Å². The molecule has 1 heterocycles. The minimum Gasteiger partial charge on any atom is -0.493 e. The summed E-state index contributed by atoms with van der Waals surface area (Å²) in [6.45, 7) is 18.7. The maximum atomic E-state index is 13.1. The average molecular weight is 1080 g/mol. The molecular formula is C70H106N2Pd. The van der Waals surface area contributed by atoms with Crippen molar-refractivity contribution in [1.29, 1.82) is 0 Å². The number of allylic oxidation sites excluding steroid dienone is 2. The largest absolute Gasteiger partial charge is 2.00 e. The molecule has 0 aromatic heterocycles. The van der Waals surface area contributed by atoms with Crippen molar-refractivity contribution in [2.45, 2.75) is 274 Å². The van der Waals surface area contributed by atoms with Crippen LogP contribution in [0.2, 0.25) is 0 Å². The number of hydrogen-bond acceptors (Lipinski definition) is 0. The van der Waals surface area contributed by atoms with Crippen LogP contribution in [0.25, 0.3) is 16.9 Å². The molecule has 0 N–H and O–H groups in total. The molecule has 0 saturated heterocycles. The van der Waals surface area contributed by atoms with E-state index in [1.807, 2.05) is 60.7 Å². The molecule has 2 nitrogen and oxygen atoms in total. The summed E-state index contributed by atoms with van der Waals surface area (Å²) in [4.78, 5) is 0. The molecule has 0 bridgehead atoms. The SMILES string of the molecule is CCCCCCCCC1=C(c2cc(CCCCC)c(CCCCC)c(CCCCC)c2)[N+](=[N-])C(c2cc(CCCCC)c(CCCCC)c(CCCCC)c2)=C1CCCC.[Pd+2].[c-]1ccccc1.[c-]1ccccc1. The first-order valence-corrected chi connectivity index (χ1v) is 30.5. The van der Waals surface area contributed by atoms with Crippen molar-refractivity contribution < 1.29 is 25.1 Å². The molecule has 0 fully saturated rings. The second-order valence-electron chi connectivity index (χ2n) is 21.0. The number of rotatable bonds is 36. The Morgan fingerprint density at radius 2 is 0.575 bits per heavy atom. The van der Waals surface area contributed by atoms with Crippen LogP contribution in [-0.4, -0.2) is 4.70 Å². The van der Waals surface area contributed by atoms with Gasteiger partial charge in [-0.1, -0.05) is 171 Å². The van der Waals surface area contributed by atoms with Crippen molar-refractivity contribution >= 4 is 11.4 Å². The molecule has 3 heteroatoms. The summed E-state index contributed by atoms with van der Waals surface area (Å²) < 4.78 is 1.76. The Kier molecular flexibility index (Phi) is 38.5. The van der Waals surface area contributed by atoms with Crippen LogP contribution in [0.3, 0.4) is 0 Å². The monoisotopic (exact) mass is 1080 g/mol. The molecule has 0 spiro atoms. The van der Waals surface area contributed by atoms with Crippen LogP contribution in [0.1, 0.15) is 280 Å². The number of nitrogens with zero attached hydrogens (tertiary/aromatic N) is 2. The summed E-state index contributed by atoms with van der Waals surface area (Å²) in [5, 5.41) is 0. The molecular weight excluding hydrogens is 975 g/mol. The van der Waals surface area contributed by atoms with E-state index in [2.05, 4.69) is 91.8 Å². The van der Waals surface area contributed by atoms with E-state index in [0.29, 0.717) is 0 Å². The minimum absolute atomic E-state index is 0. The van der Waals surface area contributed by atoms with Crippen molar-refractivity contribution in [2.75, 3.05) is 0 Å². The Labute approximate surface area is 465 Å². The van der Waals surface area contributed by atoms with Crippen molar-refractivity contribution in [3.63, 3.8) is 0 Å². The topological polar surface area (TPSA) is 25.3 Å². The van der Waals surface area contributed by atoms with Crippen LogP contribution in [0.4, 0.5) is 0 Å². The van der Waals surface area contributed by atoms with Crippen LogP contribution in [0.15, 0.2) is 96.1 Å². The molecule has 0 unspecified atom stereocenters. The summed E-state index contributed by atoms with van der Waals surface area (Å²) >= 11 is 0. The van der Waals surface area contributed by atoms with Gasteiger partial charge in [0.05, 0.1) is 0 Å². The van der Waals surface area contributed by atoms with E-state index in [9.17, 15) is 5.53 Å². The molecule has 4 aromatic rings. The summed E-state index contributed by atoms with van der Waals surface area (Å²) in [6.07, 6.45) is 42.0. The Balaban J connectivity index is 0.00000122. The predicted octanol–water partition coefficient (Wildman–Crippen LogP) is 22.2. The maximum absolute atomic E-state index is 13.1. The number of hydrogen-bond donors (Lipinski definition) is 0. The van der Waals surface area contributed by atoms with Crippen molar-refractivity contribution in [2.24, 2.45) is 0 Å². The second-order valence-corrected chi connectivity index (χ2v) is 21.0. The van der Waals surface area contributed by atoms with E-state index in [1.165, 1.54) is 196 Å². The zero-order valence-corrected chi connectivity index (χ0v) is 49.9. The normalized spacial score (nSPS) is 12.1. The molecule has 4 aromatic carbocycles. The third kappa shape index (κ3) is 24.9. The first-order chi connectivity index (χ1) is 35.4. The van der Waals surface area contributed by atoms with E-state index >= 15 is 0 Å². The molecule has 73 heavy (non-hydrogen) atoms.